The molecule has 4 bridgehead atoms. The van der Waals surface area contributed by atoms with Gasteiger partial charge in [-0.15, -0.1) is 0 Å². The Morgan fingerprint density at radius 3 is 1.56 bits per heavy atom. The molecule has 2 saturated carbocycles. The van der Waals surface area contributed by atoms with Crippen LogP contribution in [0.3, 0.4) is 0 Å². The zero-order valence-electron chi connectivity index (χ0n) is 21.8. The lowest BCUT2D eigenvalue weighted by Crippen LogP contribution is -2.48. The van der Waals surface area contributed by atoms with Crippen molar-refractivity contribution < 1.29 is 19.7 Å². The van der Waals surface area contributed by atoms with Gasteiger partial charge in [0.1, 0.15) is 0 Å². The molecule has 6 rings (SSSR count). The van der Waals surface area contributed by atoms with Crippen LogP contribution in [0.25, 0.3) is 0 Å². The topological polar surface area (TPSA) is 83.0 Å². The number of nitrogens with one attached hydrogen (secondary N) is 2. The van der Waals surface area contributed by atoms with Crippen LogP contribution in [0.2, 0.25) is 0 Å². The van der Waals surface area contributed by atoms with E-state index in [-0.39, 0.29) is 0 Å². The molecule has 2 fully saturated rings. The minimum absolute atomic E-state index is 0.361. The van der Waals surface area contributed by atoms with Crippen LogP contribution in [-0.2, 0) is 9.47 Å². The maximum atomic E-state index is 10.2. The molecule has 0 radical (unpaired) electrons. The number of hydrogen-bond acceptors (Lipinski definition) is 6. The van der Waals surface area contributed by atoms with Crippen molar-refractivity contribution in [2.24, 2.45) is 34.5 Å². The van der Waals surface area contributed by atoms with E-state index in [1.165, 1.54) is 36.8 Å². The van der Waals surface area contributed by atoms with Crippen LogP contribution in [-0.4, -0.2) is 75.0 Å². The highest BCUT2D eigenvalue weighted by atomic mass is 16.5. The van der Waals surface area contributed by atoms with Crippen molar-refractivity contribution >= 4 is 0 Å². The highest BCUT2D eigenvalue weighted by Gasteiger charge is 2.51. The summed E-state index contributed by atoms with van der Waals surface area (Å²) < 4.78 is 11.6. The molecule has 6 atom stereocenters. The summed E-state index contributed by atoms with van der Waals surface area (Å²) in [5, 5.41) is 26.8. The molecule has 0 saturated heterocycles. The zero-order chi connectivity index (χ0) is 24.3. The van der Waals surface area contributed by atoms with E-state index in [9.17, 15) is 10.2 Å². The standard InChI is InChI=1S/C28H48N2O4/c1-27(2)21-7-5-19(25(27)11-21)15-33-17-23(31)13-29-9-10-30-14-24(32)18-34-16-20-6-8-22-12-26(20)28(22,3)4/h5-6,21-26,29-32H,7-18H2,1-4H3/t21-,22-,23-,24+,25+,26+/m0/s1. The number of allylic oxidation sites excluding steroid dienone is 2. The predicted octanol–water partition coefficient (Wildman–Crippen LogP) is 2.91. The van der Waals surface area contributed by atoms with E-state index in [1.54, 1.807) is 0 Å². The van der Waals surface area contributed by atoms with Crippen molar-refractivity contribution in [3.63, 3.8) is 0 Å². The van der Waals surface area contributed by atoms with Crippen LogP contribution in [0.4, 0.5) is 0 Å². The summed E-state index contributed by atoms with van der Waals surface area (Å²) in [4.78, 5) is 0. The Morgan fingerprint density at radius 2 is 1.21 bits per heavy atom. The molecule has 0 aromatic rings. The summed E-state index contributed by atoms with van der Waals surface area (Å²) in [6.45, 7) is 14.0. The van der Waals surface area contributed by atoms with Gasteiger partial charge in [0, 0.05) is 26.2 Å². The summed E-state index contributed by atoms with van der Waals surface area (Å²) in [6.07, 6.45) is 8.67. The van der Waals surface area contributed by atoms with Gasteiger partial charge in [-0.1, -0.05) is 39.8 Å². The van der Waals surface area contributed by atoms with E-state index < -0.39 is 12.2 Å². The normalized spacial score (nSPS) is 32.2. The fraction of sp³-hybridized carbons (Fsp3) is 0.857. The van der Waals surface area contributed by atoms with E-state index in [0.717, 1.165) is 24.9 Å². The first-order valence-corrected chi connectivity index (χ1v) is 13.5. The zero-order valence-corrected chi connectivity index (χ0v) is 21.8. The van der Waals surface area contributed by atoms with Crippen molar-refractivity contribution in [1.82, 2.24) is 10.6 Å². The van der Waals surface area contributed by atoms with Gasteiger partial charge in [0.2, 0.25) is 0 Å². The molecule has 6 nitrogen and oxygen atoms in total. The average molecular weight is 477 g/mol. The molecule has 0 heterocycles. The Kier molecular flexibility index (Phi) is 8.59. The van der Waals surface area contributed by atoms with Gasteiger partial charge in [0.15, 0.2) is 0 Å². The molecule has 0 unspecified atom stereocenters. The third-order valence-corrected chi connectivity index (χ3v) is 9.56. The first-order valence-electron chi connectivity index (χ1n) is 13.5. The average Bonchev–Trinajstić information content (AvgIpc) is 2.81. The number of ether oxygens (including phenoxy) is 2. The van der Waals surface area contributed by atoms with E-state index in [0.29, 0.717) is 62.2 Å². The predicted molar refractivity (Wildman–Crippen MR) is 136 cm³/mol. The van der Waals surface area contributed by atoms with E-state index in [1.807, 2.05) is 0 Å². The molecule has 0 aliphatic heterocycles. The van der Waals surface area contributed by atoms with Gasteiger partial charge in [-0.25, -0.2) is 0 Å². The fourth-order valence-electron chi connectivity index (χ4n) is 6.74. The molecule has 6 aliphatic rings. The molecule has 0 aromatic heterocycles. The molecule has 4 N–H and O–H groups in total. The highest BCUT2D eigenvalue weighted by molar-refractivity contribution is 5.24. The van der Waals surface area contributed by atoms with Crippen LogP contribution in [0, 0.1) is 34.5 Å². The van der Waals surface area contributed by atoms with Gasteiger partial charge in [0.05, 0.1) is 38.6 Å². The summed E-state index contributed by atoms with van der Waals surface area (Å²) >= 11 is 0. The van der Waals surface area contributed by atoms with Gasteiger partial charge >= 0.3 is 0 Å². The van der Waals surface area contributed by atoms with Crippen LogP contribution < -0.4 is 10.6 Å². The smallest absolute Gasteiger partial charge is 0.0897 e. The molecular weight excluding hydrogens is 428 g/mol. The second kappa shape index (κ2) is 11.1. The summed E-state index contributed by atoms with van der Waals surface area (Å²) in [5.74, 6) is 3.01. The van der Waals surface area contributed by atoms with Crippen LogP contribution in [0.5, 0.6) is 0 Å². The van der Waals surface area contributed by atoms with Crippen molar-refractivity contribution in [3.05, 3.63) is 23.3 Å². The van der Waals surface area contributed by atoms with Gasteiger partial charge in [0.25, 0.3) is 0 Å². The third-order valence-electron chi connectivity index (χ3n) is 9.56. The molecule has 194 valence electrons. The summed E-state index contributed by atoms with van der Waals surface area (Å²) in [6, 6.07) is 0. The minimum atomic E-state index is -0.504. The largest absolute Gasteiger partial charge is 0.389 e. The molecule has 6 heteroatoms. The Hall–Kier alpha value is -0.760. The Labute approximate surface area is 206 Å². The van der Waals surface area contributed by atoms with Gasteiger partial charge < -0.3 is 30.3 Å². The number of rotatable bonds is 15. The Bertz CT molecular complexity index is 685. The number of hydrogen-bond donors (Lipinski definition) is 4. The lowest BCUT2D eigenvalue weighted by molar-refractivity contribution is -0.0237. The molecule has 34 heavy (non-hydrogen) atoms. The van der Waals surface area contributed by atoms with Gasteiger partial charge in [-0.3, -0.25) is 0 Å². The first kappa shape index (κ1) is 26.3. The molecule has 0 aromatic carbocycles. The molecule has 6 aliphatic carbocycles. The minimum Gasteiger partial charge on any atom is -0.389 e. The Morgan fingerprint density at radius 1 is 0.794 bits per heavy atom. The number of aliphatic hydroxyl groups is 2. The van der Waals surface area contributed by atoms with Crippen LogP contribution in [0.1, 0.15) is 53.4 Å². The second-order valence-corrected chi connectivity index (χ2v) is 12.4. The van der Waals surface area contributed by atoms with Gasteiger partial charge in [-0.2, -0.15) is 0 Å². The summed E-state index contributed by atoms with van der Waals surface area (Å²) in [5.41, 5.74) is 3.70. The second-order valence-electron chi connectivity index (χ2n) is 12.4. The number of fused-ring (bicyclic) bond motifs is 2. The quantitative estimate of drug-likeness (QED) is 0.215. The maximum Gasteiger partial charge on any atom is 0.0897 e. The van der Waals surface area contributed by atoms with E-state index >= 15 is 0 Å². The van der Waals surface area contributed by atoms with E-state index in [2.05, 4.69) is 50.5 Å². The maximum absolute atomic E-state index is 10.2. The van der Waals surface area contributed by atoms with Crippen molar-refractivity contribution in [2.45, 2.75) is 65.6 Å². The van der Waals surface area contributed by atoms with Crippen LogP contribution in [0.15, 0.2) is 23.3 Å². The Balaban J connectivity index is 0.968. The third kappa shape index (κ3) is 5.79. The van der Waals surface area contributed by atoms with Crippen molar-refractivity contribution in [2.75, 3.05) is 52.6 Å². The molecule has 0 amide bonds. The highest BCUT2D eigenvalue weighted by Crippen LogP contribution is 2.60. The van der Waals surface area contributed by atoms with E-state index in [4.69, 9.17) is 9.47 Å². The number of aliphatic hydroxyl groups excluding tert-OH is 2. The fourth-order valence-corrected chi connectivity index (χ4v) is 6.74. The lowest BCUT2D eigenvalue weighted by Gasteiger charge is -2.56. The lowest BCUT2D eigenvalue weighted by atomic mass is 9.49. The first-order chi connectivity index (χ1) is 16.2. The monoisotopic (exact) mass is 476 g/mol. The molecule has 0 spiro atoms. The van der Waals surface area contributed by atoms with Crippen molar-refractivity contribution in [1.29, 1.82) is 0 Å². The molecular formula is C28H48N2O4. The van der Waals surface area contributed by atoms with Gasteiger partial charge in [-0.05, 0) is 71.3 Å². The van der Waals surface area contributed by atoms with Crippen molar-refractivity contribution in [3.8, 4) is 0 Å². The SMILES string of the molecule is CC1(C)[C@H]2CC=C(COC[C@H](O)CNCCNC[C@H](O)COCC3=CC[C@H]4C[C@H]3C4(C)C)[C@H]1C2. The summed E-state index contributed by atoms with van der Waals surface area (Å²) in [7, 11) is 0. The van der Waals surface area contributed by atoms with Crippen LogP contribution >= 0.6 is 0 Å².